The predicted molar refractivity (Wildman–Crippen MR) is 123 cm³/mol. The quantitative estimate of drug-likeness (QED) is 0.354. The van der Waals surface area contributed by atoms with E-state index in [1.54, 1.807) is 19.1 Å². The highest BCUT2D eigenvalue weighted by Crippen LogP contribution is 2.29. The van der Waals surface area contributed by atoms with Crippen LogP contribution in [0.4, 0.5) is 17.5 Å². The molecule has 10 nitrogen and oxygen atoms in total. The van der Waals surface area contributed by atoms with Crippen molar-refractivity contribution in [2.45, 2.75) is 17.9 Å². The number of hydrogen-bond donors (Lipinski definition) is 3. The predicted octanol–water partition coefficient (Wildman–Crippen LogP) is 3.13. The number of nitrogens with one attached hydrogen (secondary N) is 2. The summed E-state index contributed by atoms with van der Waals surface area (Å²) in [5.41, 5.74) is 2.57. The molecule has 0 radical (unpaired) electrons. The molecule has 0 aliphatic heterocycles. The number of rotatable bonds is 8. The average molecular weight is 467 g/mol. The van der Waals surface area contributed by atoms with E-state index in [0.717, 1.165) is 5.56 Å². The van der Waals surface area contributed by atoms with Gasteiger partial charge in [-0.3, -0.25) is 0 Å². The Hall–Kier alpha value is -3.83. The summed E-state index contributed by atoms with van der Waals surface area (Å²) < 4.78 is 28.9. The number of benzene rings is 2. The molecule has 0 unspecified atom stereocenters. The van der Waals surface area contributed by atoms with E-state index in [4.69, 9.17) is 4.52 Å². The maximum Gasteiger partial charge on any atom is 0.262 e. The highest BCUT2D eigenvalue weighted by Gasteiger charge is 2.19. The third-order valence-electron chi connectivity index (χ3n) is 4.91. The van der Waals surface area contributed by atoms with Gasteiger partial charge in [0.15, 0.2) is 16.2 Å². The molecule has 0 spiro atoms. The highest BCUT2D eigenvalue weighted by atomic mass is 32.2. The summed E-state index contributed by atoms with van der Waals surface area (Å²) in [6.07, 6.45) is 3.98. The summed E-state index contributed by atoms with van der Waals surface area (Å²) in [7, 11) is -3.32. The van der Waals surface area contributed by atoms with Crippen LogP contribution in [0, 0.1) is 6.92 Å². The van der Waals surface area contributed by atoms with Gasteiger partial charge in [0.25, 0.3) is 5.89 Å². The largest absolute Gasteiger partial charge is 0.394 e. The maximum absolute atomic E-state index is 11.9. The minimum absolute atomic E-state index is 0.174. The Labute approximate surface area is 190 Å². The molecular formula is C22H22N6O4S. The van der Waals surface area contributed by atoms with Crippen molar-refractivity contribution >= 4 is 27.3 Å². The third kappa shape index (κ3) is 5.16. The molecule has 4 aromatic rings. The number of aryl methyl sites for hydroxylation is 1. The van der Waals surface area contributed by atoms with E-state index in [0.29, 0.717) is 22.6 Å². The topological polar surface area (TPSA) is 143 Å². The highest BCUT2D eigenvalue weighted by molar-refractivity contribution is 7.90. The number of sulfone groups is 1. The number of nitrogens with zero attached hydrogens (tertiary/aromatic N) is 4. The van der Waals surface area contributed by atoms with E-state index in [-0.39, 0.29) is 23.3 Å². The van der Waals surface area contributed by atoms with Gasteiger partial charge in [-0.2, -0.15) is 9.97 Å². The van der Waals surface area contributed by atoms with Crippen LogP contribution in [0.5, 0.6) is 0 Å². The molecular weight excluding hydrogens is 444 g/mol. The molecule has 3 N–H and O–H groups in total. The van der Waals surface area contributed by atoms with Gasteiger partial charge >= 0.3 is 0 Å². The van der Waals surface area contributed by atoms with Crippen molar-refractivity contribution in [2.75, 3.05) is 23.5 Å². The summed E-state index contributed by atoms with van der Waals surface area (Å²) in [6.45, 7) is 1.55. The summed E-state index contributed by atoms with van der Waals surface area (Å²) in [5.74, 6) is 0.864. The first-order chi connectivity index (χ1) is 15.8. The second kappa shape index (κ2) is 9.35. The molecule has 0 saturated heterocycles. The van der Waals surface area contributed by atoms with Gasteiger partial charge in [-0.15, -0.1) is 0 Å². The number of aliphatic hydroxyl groups is 1. The lowest BCUT2D eigenvalue weighted by Crippen LogP contribution is -2.17. The monoisotopic (exact) mass is 466 g/mol. The van der Waals surface area contributed by atoms with Gasteiger partial charge in [-0.25, -0.2) is 13.4 Å². The Morgan fingerprint density at radius 3 is 2.55 bits per heavy atom. The Morgan fingerprint density at radius 1 is 1.12 bits per heavy atom. The summed E-state index contributed by atoms with van der Waals surface area (Å²) in [4.78, 5) is 13.2. The SMILES string of the molecule is Cc1cc(Nc2ncc(-c3ncno3)c(N[C@H](CO)c3ccccc3)n2)ccc1S(C)(=O)=O. The minimum atomic E-state index is -3.32. The van der Waals surface area contributed by atoms with E-state index in [9.17, 15) is 13.5 Å². The van der Waals surface area contributed by atoms with Crippen molar-refractivity contribution in [2.24, 2.45) is 0 Å². The number of hydrogen-bond acceptors (Lipinski definition) is 10. The van der Waals surface area contributed by atoms with Gasteiger partial charge < -0.3 is 20.3 Å². The fraction of sp³-hybridized carbons (Fsp3) is 0.182. The molecule has 0 aliphatic carbocycles. The molecule has 0 aliphatic rings. The molecule has 11 heteroatoms. The summed E-state index contributed by atoms with van der Waals surface area (Å²) in [5, 5.41) is 19.9. The van der Waals surface area contributed by atoms with Gasteiger partial charge in [0.2, 0.25) is 5.95 Å². The van der Waals surface area contributed by atoms with E-state index < -0.39 is 15.9 Å². The van der Waals surface area contributed by atoms with Gasteiger partial charge in [0.05, 0.1) is 17.5 Å². The smallest absolute Gasteiger partial charge is 0.262 e. The van der Waals surface area contributed by atoms with Crippen molar-refractivity contribution in [3.63, 3.8) is 0 Å². The van der Waals surface area contributed by atoms with E-state index >= 15 is 0 Å². The Morgan fingerprint density at radius 2 is 1.91 bits per heavy atom. The molecule has 170 valence electrons. The zero-order valence-electron chi connectivity index (χ0n) is 17.9. The van der Waals surface area contributed by atoms with Crippen LogP contribution in [0.15, 0.2) is 70.5 Å². The lowest BCUT2D eigenvalue weighted by atomic mass is 10.1. The number of aliphatic hydroxyl groups excluding tert-OH is 1. The van der Waals surface area contributed by atoms with Gasteiger partial charge in [0, 0.05) is 18.1 Å². The normalized spacial score (nSPS) is 12.3. The molecule has 2 aromatic heterocycles. The maximum atomic E-state index is 11.9. The molecule has 4 rings (SSSR count). The van der Waals surface area contributed by atoms with Crippen LogP contribution in [-0.4, -0.2) is 46.5 Å². The lowest BCUT2D eigenvalue weighted by Gasteiger charge is -2.19. The van der Waals surface area contributed by atoms with Crippen LogP contribution in [0.1, 0.15) is 17.2 Å². The Bertz CT molecular complexity index is 1340. The molecule has 33 heavy (non-hydrogen) atoms. The van der Waals surface area contributed by atoms with Crippen molar-refractivity contribution in [3.05, 3.63) is 72.2 Å². The molecule has 0 fully saturated rings. The molecule has 2 heterocycles. The summed E-state index contributed by atoms with van der Waals surface area (Å²) >= 11 is 0. The van der Waals surface area contributed by atoms with E-state index in [1.807, 2.05) is 30.3 Å². The van der Waals surface area contributed by atoms with Crippen LogP contribution in [0.25, 0.3) is 11.5 Å². The van der Waals surface area contributed by atoms with Crippen molar-refractivity contribution in [3.8, 4) is 11.5 Å². The third-order valence-corrected chi connectivity index (χ3v) is 6.16. The first kappa shape index (κ1) is 22.4. The standard InChI is InChI=1S/C22H22N6O4S/c1-14-10-16(8-9-19(14)33(2,30)31)26-22-23-11-17(21-24-13-25-32-21)20(28-22)27-18(12-29)15-6-4-3-5-7-15/h3-11,13,18,29H,12H2,1-2H3,(H2,23,26,27,28)/t18-/m1/s1. The summed E-state index contributed by atoms with van der Waals surface area (Å²) in [6, 6.07) is 13.9. The second-order valence-electron chi connectivity index (χ2n) is 7.37. The van der Waals surface area contributed by atoms with Crippen LogP contribution in [0.3, 0.4) is 0 Å². The molecule has 0 bridgehead atoms. The van der Waals surface area contributed by atoms with Crippen molar-refractivity contribution in [1.82, 2.24) is 20.1 Å². The van der Waals surface area contributed by atoms with Crippen molar-refractivity contribution in [1.29, 1.82) is 0 Å². The number of anilines is 3. The molecule has 0 amide bonds. The van der Waals surface area contributed by atoms with Crippen LogP contribution < -0.4 is 10.6 Å². The Balaban J connectivity index is 1.67. The molecule has 2 aromatic carbocycles. The van der Waals surface area contributed by atoms with Gasteiger partial charge in [-0.1, -0.05) is 35.5 Å². The molecule has 0 saturated carbocycles. The van der Waals surface area contributed by atoms with Crippen LogP contribution in [-0.2, 0) is 9.84 Å². The van der Waals surface area contributed by atoms with E-state index in [2.05, 4.69) is 30.7 Å². The lowest BCUT2D eigenvalue weighted by molar-refractivity contribution is 0.276. The fourth-order valence-electron chi connectivity index (χ4n) is 3.36. The minimum Gasteiger partial charge on any atom is -0.394 e. The first-order valence-corrected chi connectivity index (χ1v) is 11.9. The molecule has 1 atom stereocenters. The second-order valence-corrected chi connectivity index (χ2v) is 9.35. The first-order valence-electron chi connectivity index (χ1n) is 9.99. The average Bonchev–Trinajstić information content (AvgIpc) is 3.32. The zero-order valence-corrected chi connectivity index (χ0v) is 18.7. The van der Waals surface area contributed by atoms with Crippen LogP contribution >= 0.6 is 0 Å². The number of aromatic nitrogens is 4. The fourth-order valence-corrected chi connectivity index (χ4v) is 4.32. The zero-order chi connectivity index (χ0) is 23.4. The van der Waals surface area contributed by atoms with Crippen LogP contribution in [0.2, 0.25) is 0 Å². The van der Waals surface area contributed by atoms with Crippen molar-refractivity contribution < 1.29 is 18.0 Å². The van der Waals surface area contributed by atoms with E-state index in [1.165, 1.54) is 24.8 Å². The van der Waals surface area contributed by atoms with Gasteiger partial charge in [0.1, 0.15) is 11.4 Å². The van der Waals surface area contributed by atoms with Gasteiger partial charge in [-0.05, 0) is 36.2 Å². The Kier molecular flexibility index (Phi) is 6.33.